The van der Waals surface area contributed by atoms with Crippen molar-refractivity contribution in [3.8, 4) is 11.5 Å². The Hall–Kier alpha value is -4.86. The zero-order valence-corrected chi connectivity index (χ0v) is 17.1. The van der Waals surface area contributed by atoms with Gasteiger partial charge in [0.2, 0.25) is 11.8 Å². The van der Waals surface area contributed by atoms with E-state index in [-0.39, 0.29) is 29.9 Å². The van der Waals surface area contributed by atoms with Crippen LogP contribution < -0.4 is 10.6 Å². The fraction of sp³-hybridized carbons (Fsp3) is 0.0435. The summed E-state index contributed by atoms with van der Waals surface area (Å²) in [7, 11) is 0. The van der Waals surface area contributed by atoms with Gasteiger partial charge in [-0.1, -0.05) is 35.4 Å². The van der Waals surface area contributed by atoms with Crippen LogP contribution in [0.2, 0.25) is 0 Å². The van der Waals surface area contributed by atoms with Gasteiger partial charge < -0.3 is 9.73 Å². The zero-order chi connectivity index (χ0) is 23.2. The average molecular weight is 443 g/mol. The number of hydrogen-bond acceptors (Lipinski definition) is 7. The van der Waals surface area contributed by atoms with Crippen LogP contribution in [0.25, 0.3) is 11.5 Å². The van der Waals surface area contributed by atoms with Crippen molar-refractivity contribution in [2.45, 2.75) is 6.42 Å². The molecule has 0 radical (unpaired) electrons. The number of rotatable bonds is 7. The molecule has 164 valence electrons. The monoisotopic (exact) mass is 443 g/mol. The summed E-state index contributed by atoms with van der Waals surface area (Å²) in [5.74, 6) is -0.532. The number of nitro groups is 1. The standard InChI is InChI=1S/C23H17N5O5/c29-20(14-15-4-2-1-3-5-15)24-18-10-6-16(7-11-18)21(30)25-23-27-26-22(33-23)17-8-12-19(13-9-17)28(31)32/h1-13H,14H2,(H,24,29)(H,25,27,30). The molecule has 1 aromatic heterocycles. The Morgan fingerprint density at radius 1 is 0.879 bits per heavy atom. The molecule has 0 aliphatic heterocycles. The number of non-ortho nitro benzene ring substituents is 1. The van der Waals surface area contributed by atoms with Gasteiger partial charge in [-0.2, -0.15) is 0 Å². The van der Waals surface area contributed by atoms with Gasteiger partial charge in [0.25, 0.3) is 11.6 Å². The number of hydrogen-bond donors (Lipinski definition) is 2. The van der Waals surface area contributed by atoms with Crippen LogP contribution in [0.1, 0.15) is 15.9 Å². The molecule has 1 heterocycles. The van der Waals surface area contributed by atoms with Crippen molar-refractivity contribution in [1.82, 2.24) is 10.2 Å². The number of nitrogens with one attached hydrogen (secondary N) is 2. The van der Waals surface area contributed by atoms with E-state index >= 15 is 0 Å². The van der Waals surface area contributed by atoms with Crippen LogP contribution in [-0.4, -0.2) is 26.9 Å². The van der Waals surface area contributed by atoms with Gasteiger partial charge in [-0.05, 0) is 42.0 Å². The number of carbonyl (C=O) groups is 2. The Bertz CT molecular complexity index is 1290. The van der Waals surface area contributed by atoms with E-state index in [4.69, 9.17) is 4.42 Å². The molecule has 4 rings (SSSR count). The number of carbonyl (C=O) groups excluding carboxylic acids is 2. The molecule has 0 saturated carbocycles. The SMILES string of the molecule is O=C(Cc1ccccc1)Nc1ccc(C(=O)Nc2nnc(-c3ccc([N+](=O)[O-])cc3)o2)cc1. The van der Waals surface area contributed by atoms with Gasteiger partial charge in [0.15, 0.2) is 0 Å². The summed E-state index contributed by atoms with van der Waals surface area (Å²) in [6.45, 7) is 0. The first kappa shape index (κ1) is 21.4. The minimum Gasteiger partial charge on any atom is -0.403 e. The molecule has 0 bridgehead atoms. The molecule has 10 nitrogen and oxygen atoms in total. The molecule has 3 aromatic carbocycles. The Balaban J connectivity index is 1.35. The number of aromatic nitrogens is 2. The second-order valence-corrected chi connectivity index (χ2v) is 6.96. The van der Waals surface area contributed by atoms with E-state index in [0.717, 1.165) is 5.56 Å². The normalized spacial score (nSPS) is 10.4. The zero-order valence-electron chi connectivity index (χ0n) is 17.1. The summed E-state index contributed by atoms with van der Waals surface area (Å²) >= 11 is 0. The maximum atomic E-state index is 12.5. The fourth-order valence-electron chi connectivity index (χ4n) is 2.98. The Kier molecular flexibility index (Phi) is 6.17. The predicted molar refractivity (Wildman–Crippen MR) is 120 cm³/mol. The number of anilines is 2. The molecule has 0 atom stereocenters. The van der Waals surface area contributed by atoms with Gasteiger partial charge in [0.1, 0.15) is 0 Å². The van der Waals surface area contributed by atoms with Crippen LogP contribution in [-0.2, 0) is 11.2 Å². The van der Waals surface area contributed by atoms with Crippen molar-refractivity contribution in [3.05, 3.63) is 100 Å². The van der Waals surface area contributed by atoms with Crippen molar-refractivity contribution in [3.63, 3.8) is 0 Å². The van der Waals surface area contributed by atoms with Gasteiger partial charge >= 0.3 is 6.01 Å². The van der Waals surface area contributed by atoms with Gasteiger partial charge in [-0.15, -0.1) is 5.10 Å². The van der Waals surface area contributed by atoms with Crippen molar-refractivity contribution < 1.29 is 18.9 Å². The lowest BCUT2D eigenvalue weighted by molar-refractivity contribution is -0.384. The third-order valence-corrected chi connectivity index (χ3v) is 4.61. The molecule has 4 aromatic rings. The third kappa shape index (κ3) is 5.44. The van der Waals surface area contributed by atoms with E-state index in [9.17, 15) is 19.7 Å². The van der Waals surface area contributed by atoms with Crippen LogP contribution in [0.3, 0.4) is 0 Å². The van der Waals surface area contributed by atoms with E-state index in [1.807, 2.05) is 30.3 Å². The quantitative estimate of drug-likeness (QED) is 0.324. The summed E-state index contributed by atoms with van der Waals surface area (Å²) in [6.07, 6.45) is 0.247. The summed E-state index contributed by atoms with van der Waals surface area (Å²) in [6, 6.07) is 21.2. The Morgan fingerprint density at radius 2 is 1.58 bits per heavy atom. The smallest absolute Gasteiger partial charge is 0.322 e. The molecular weight excluding hydrogens is 426 g/mol. The van der Waals surface area contributed by atoms with Crippen molar-refractivity contribution in [2.24, 2.45) is 0 Å². The van der Waals surface area contributed by atoms with Gasteiger partial charge in [-0.25, -0.2) is 0 Å². The highest BCUT2D eigenvalue weighted by Crippen LogP contribution is 2.23. The maximum absolute atomic E-state index is 12.5. The highest BCUT2D eigenvalue weighted by atomic mass is 16.6. The highest BCUT2D eigenvalue weighted by Gasteiger charge is 2.14. The molecular formula is C23H17N5O5. The number of nitrogens with zero attached hydrogens (tertiary/aromatic N) is 3. The molecule has 0 spiro atoms. The second kappa shape index (κ2) is 9.52. The van der Waals surface area contributed by atoms with E-state index < -0.39 is 10.8 Å². The molecule has 0 aliphatic carbocycles. The second-order valence-electron chi connectivity index (χ2n) is 6.96. The Labute approximate surface area is 187 Å². The fourth-order valence-corrected chi connectivity index (χ4v) is 2.98. The summed E-state index contributed by atoms with van der Waals surface area (Å²) in [5, 5.41) is 23.6. The molecule has 10 heteroatoms. The number of amides is 2. The molecule has 0 unspecified atom stereocenters. The summed E-state index contributed by atoms with van der Waals surface area (Å²) < 4.78 is 5.41. The predicted octanol–water partition coefficient (Wildman–Crippen LogP) is 4.08. The van der Waals surface area contributed by atoms with Crippen molar-refractivity contribution >= 4 is 29.2 Å². The van der Waals surface area contributed by atoms with Crippen LogP contribution in [0.4, 0.5) is 17.4 Å². The van der Waals surface area contributed by atoms with Crippen LogP contribution in [0.15, 0.2) is 83.3 Å². The molecule has 2 N–H and O–H groups in total. The number of nitro benzene ring substituents is 1. The molecule has 2 amide bonds. The highest BCUT2D eigenvalue weighted by molar-refractivity contribution is 6.03. The van der Waals surface area contributed by atoms with Crippen LogP contribution >= 0.6 is 0 Å². The Morgan fingerprint density at radius 3 is 2.24 bits per heavy atom. The van der Waals surface area contributed by atoms with E-state index in [1.54, 1.807) is 24.3 Å². The lowest BCUT2D eigenvalue weighted by Gasteiger charge is -2.06. The van der Waals surface area contributed by atoms with Gasteiger partial charge in [0.05, 0.1) is 11.3 Å². The largest absolute Gasteiger partial charge is 0.403 e. The van der Waals surface area contributed by atoms with E-state index in [0.29, 0.717) is 16.8 Å². The minimum atomic E-state index is -0.511. The summed E-state index contributed by atoms with van der Waals surface area (Å²) in [5.41, 5.74) is 2.20. The molecule has 33 heavy (non-hydrogen) atoms. The molecule has 0 saturated heterocycles. The van der Waals surface area contributed by atoms with Crippen LogP contribution in [0, 0.1) is 10.1 Å². The first-order valence-electron chi connectivity index (χ1n) is 9.81. The van der Waals surface area contributed by atoms with E-state index in [1.165, 1.54) is 24.3 Å². The summed E-state index contributed by atoms with van der Waals surface area (Å²) in [4.78, 5) is 34.8. The third-order valence-electron chi connectivity index (χ3n) is 4.61. The van der Waals surface area contributed by atoms with E-state index in [2.05, 4.69) is 20.8 Å². The van der Waals surface area contributed by atoms with Crippen LogP contribution in [0.5, 0.6) is 0 Å². The maximum Gasteiger partial charge on any atom is 0.322 e. The molecule has 0 fully saturated rings. The molecule has 0 aliphatic rings. The first-order chi connectivity index (χ1) is 16.0. The number of benzene rings is 3. The van der Waals surface area contributed by atoms with Crippen molar-refractivity contribution in [2.75, 3.05) is 10.6 Å². The van der Waals surface area contributed by atoms with Gasteiger partial charge in [0, 0.05) is 28.9 Å². The lowest BCUT2D eigenvalue weighted by Crippen LogP contribution is -2.15. The minimum absolute atomic E-state index is 0.0634. The lowest BCUT2D eigenvalue weighted by atomic mass is 10.1. The van der Waals surface area contributed by atoms with Gasteiger partial charge in [-0.3, -0.25) is 25.0 Å². The van der Waals surface area contributed by atoms with Crippen molar-refractivity contribution in [1.29, 1.82) is 0 Å². The topological polar surface area (TPSA) is 140 Å². The average Bonchev–Trinajstić information content (AvgIpc) is 3.28. The first-order valence-corrected chi connectivity index (χ1v) is 9.81.